The third-order valence-corrected chi connectivity index (χ3v) is 6.37. The highest BCUT2D eigenvalue weighted by atomic mass is 16.5. The molecule has 0 aliphatic carbocycles. The molecule has 0 spiro atoms. The summed E-state index contributed by atoms with van der Waals surface area (Å²) in [5, 5.41) is 2.86. The number of benzene rings is 1. The van der Waals surface area contributed by atoms with Crippen molar-refractivity contribution in [3.8, 4) is 5.88 Å². The molecule has 1 fully saturated rings. The van der Waals surface area contributed by atoms with Crippen molar-refractivity contribution in [2.45, 2.75) is 0 Å². The van der Waals surface area contributed by atoms with E-state index in [1.165, 1.54) is 7.11 Å². The van der Waals surface area contributed by atoms with Gasteiger partial charge in [-0.15, -0.1) is 26.3 Å². The number of urea groups is 1. The first kappa shape index (κ1) is 29.0. The van der Waals surface area contributed by atoms with Crippen LogP contribution in [0.25, 0.3) is 11.0 Å². The number of carbonyl (C=O) groups excluding carboxylic acids is 1. The lowest BCUT2D eigenvalue weighted by molar-refractivity contribution is 0.207. The van der Waals surface area contributed by atoms with Crippen LogP contribution in [-0.4, -0.2) is 95.3 Å². The molecule has 3 heterocycles. The molecule has 3 aromatic rings. The number of nitrogens with zero attached hydrogens (tertiary/aromatic N) is 9. The van der Waals surface area contributed by atoms with Crippen LogP contribution in [0.2, 0.25) is 0 Å². The number of rotatable bonds is 13. The molecule has 0 bridgehead atoms. The Balaban J connectivity index is 1.52. The van der Waals surface area contributed by atoms with Crippen LogP contribution in [0.5, 0.6) is 5.88 Å². The van der Waals surface area contributed by atoms with Crippen LogP contribution >= 0.6 is 0 Å². The minimum atomic E-state index is -0.282. The molecule has 1 aliphatic rings. The molecule has 214 valence electrons. The molecule has 0 unspecified atom stereocenters. The van der Waals surface area contributed by atoms with Crippen molar-refractivity contribution < 1.29 is 9.53 Å². The van der Waals surface area contributed by atoms with Crippen LogP contribution in [0.1, 0.15) is 0 Å². The van der Waals surface area contributed by atoms with Crippen LogP contribution in [0.4, 0.5) is 28.5 Å². The van der Waals surface area contributed by atoms with Crippen molar-refractivity contribution in [1.29, 1.82) is 0 Å². The van der Waals surface area contributed by atoms with Crippen molar-refractivity contribution in [1.82, 2.24) is 29.8 Å². The second-order valence-corrected chi connectivity index (χ2v) is 9.17. The minimum Gasteiger partial charge on any atom is -0.478 e. The minimum absolute atomic E-state index is 0.258. The predicted octanol–water partition coefficient (Wildman–Crippen LogP) is 3.53. The van der Waals surface area contributed by atoms with Crippen LogP contribution in [0.15, 0.2) is 74.9 Å². The molecule has 1 N–H and O–H groups in total. The lowest BCUT2D eigenvalue weighted by atomic mass is 10.3. The summed E-state index contributed by atoms with van der Waals surface area (Å²) in [6.07, 6.45) is 7.18. The first-order valence-corrected chi connectivity index (χ1v) is 13.3. The summed E-state index contributed by atoms with van der Waals surface area (Å²) in [4.78, 5) is 44.2. The number of methoxy groups -OCH3 is 1. The molecular formula is C29H36N10O2. The summed E-state index contributed by atoms with van der Waals surface area (Å²) in [6.45, 7) is 19.6. The number of hydrogen-bond donors (Lipinski definition) is 1. The van der Waals surface area contributed by atoms with Gasteiger partial charge in [0.2, 0.25) is 17.8 Å². The average Bonchev–Trinajstić information content (AvgIpc) is 3.00. The smallest absolute Gasteiger partial charge is 0.323 e. The van der Waals surface area contributed by atoms with Gasteiger partial charge in [-0.05, 0) is 12.1 Å². The van der Waals surface area contributed by atoms with Gasteiger partial charge in [-0.3, -0.25) is 5.32 Å². The monoisotopic (exact) mass is 556 g/mol. The van der Waals surface area contributed by atoms with Crippen molar-refractivity contribution in [3.63, 3.8) is 0 Å². The zero-order valence-corrected chi connectivity index (χ0v) is 23.4. The number of hydrogen-bond acceptors (Lipinski definition) is 10. The van der Waals surface area contributed by atoms with E-state index in [-0.39, 0.29) is 17.7 Å². The number of amides is 2. The van der Waals surface area contributed by atoms with Gasteiger partial charge in [0.05, 0.1) is 18.1 Å². The Bertz CT molecular complexity index is 1340. The summed E-state index contributed by atoms with van der Waals surface area (Å²) in [5.41, 5.74) is 1.35. The topological polar surface area (TPSA) is 116 Å². The molecular weight excluding hydrogens is 520 g/mol. The summed E-state index contributed by atoms with van der Waals surface area (Å²) >= 11 is 0. The molecule has 1 aliphatic heterocycles. The number of piperazine rings is 1. The molecule has 4 rings (SSSR count). The van der Waals surface area contributed by atoms with Crippen LogP contribution < -0.4 is 24.8 Å². The number of aromatic nitrogens is 5. The number of ether oxygens (including phenoxy) is 1. The van der Waals surface area contributed by atoms with Gasteiger partial charge >= 0.3 is 6.03 Å². The predicted molar refractivity (Wildman–Crippen MR) is 164 cm³/mol. The Morgan fingerprint density at radius 2 is 1.34 bits per heavy atom. The highest BCUT2D eigenvalue weighted by Crippen LogP contribution is 2.24. The number of nitrogens with one attached hydrogen (secondary N) is 1. The molecule has 0 radical (unpaired) electrons. The van der Waals surface area contributed by atoms with E-state index < -0.39 is 0 Å². The Hall–Kier alpha value is -5.00. The normalized spacial score (nSPS) is 12.9. The molecule has 1 aromatic carbocycles. The highest BCUT2D eigenvalue weighted by molar-refractivity contribution is 5.91. The third-order valence-electron chi connectivity index (χ3n) is 6.37. The average molecular weight is 557 g/mol. The van der Waals surface area contributed by atoms with Crippen molar-refractivity contribution in [2.24, 2.45) is 0 Å². The Kier molecular flexibility index (Phi) is 9.81. The standard InChI is InChI=1S/C29H36N10O2/c1-6-14-36(15-7-2)26-33-27(37(16-8-3)17-9-4)35-28(34-26)38-18-20-39(21-19-38)29(40)32-24-25(41-5)31-23-13-11-10-12-22(23)30-24/h6-13H,1-4,14-21H2,5H3,(H,30,32,40). The second kappa shape index (κ2) is 13.9. The van der Waals surface area contributed by atoms with Gasteiger partial charge in [-0.1, -0.05) is 36.4 Å². The summed E-state index contributed by atoms with van der Waals surface area (Å²) in [5.74, 6) is 2.10. The van der Waals surface area contributed by atoms with Crippen LogP contribution in [0.3, 0.4) is 0 Å². The number of carbonyl (C=O) groups is 1. The molecule has 2 aromatic heterocycles. The van der Waals surface area contributed by atoms with Crippen molar-refractivity contribution in [2.75, 3.05) is 79.5 Å². The van der Waals surface area contributed by atoms with Gasteiger partial charge < -0.3 is 24.3 Å². The van der Waals surface area contributed by atoms with Gasteiger partial charge in [0.15, 0.2) is 5.82 Å². The maximum absolute atomic E-state index is 13.2. The fraction of sp³-hybridized carbons (Fsp3) is 0.310. The maximum atomic E-state index is 13.2. The molecule has 2 amide bonds. The zero-order chi connectivity index (χ0) is 29.2. The Labute approximate surface area is 240 Å². The molecule has 41 heavy (non-hydrogen) atoms. The number of anilines is 4. The second-order valence-electron chi connectivity index (χ2n) is 9.17. The molecule has 1 saturated heterocycles. The van der Waals surface area contributed by atoms with Crippen LogP contribution in [0, 0.1) is 0 Å². The van der Waals surface area contributed by atoms with Gasteiger partial charge in [-0.25, -0.2) is 14.8 Å². The van der Waals surface area contributed by atoms with Gasteiger partial charge in [0.1, 0.15) is 0 Å². The van der Waals surface area contributed by atoms with Crippen molar-refractivity contribution >= 4 is 40.7 Å². The van der Waals surface area contributed by atoms with Crippen LogP contribution in [-0.2, 0) is 0 Å². The Morgan fingerprint density at radius 3 is 1.83 bits per heavy atom. The fourth-order valence-electron chi connectivity index (χ4n) is 4.36. The summed E-state index contributed by atoms with van der Waals surface area (Å²) < 4.78 is 5.38. The summed E-state index contributed by atoms with van der Waals surface area (Å²) in [7, 11) is 1.50. The maximum Gasteiger partial charge on any atom is 0.323 e. The lowest BCUT2D eigenvalue weighted by Gasteiger charge is -2.35. The first-order valence-electron chi connectivity index (χ1n) is 13.3. The summed E-state index contributed by atoms with van der Waals surface area (Å²) in [6, 6.07) is 7.14. The molecule has 0 atom stereocenters. The van der Waals surface area contributed by atoms with E-state index in [2.05, 4.69) is 46.5 Å². The number of para-hydroxylation sites is 2. The highest BCUT2D eigenvalue weighted by Gasteiger charge is 2.26. The quantitative estimate of drug-likeness (QED) is 0.314. The molecule has 0 saturated carbocycles. The first-order chi connectivity index (χ1) is 20.0. The van der Waals surface area contributed by atoms with E-state index in [9.17, 15) is 4.79 Å². The van der Waals surface area contributed by atoms with E-state index in [0.717, 1.165) is 0 Å². The van der Waals surface area contributed by atoms with Crippen molar-refractivity contribution in [3.05, 3.63) is 74.9 Å². The van der Waals surface area contributed by atoms with Gasteiger partial charge in [-0.2, -0.15) is 15.0 Å². The fourth-order valence-corrected chi connectivity index (χ4v) is 4.36. The Morgan fingerprint density at radius 1 is 0.829 bits per heavy atom. The SMILES string of the molecule is C=CCN(CC=C)c1nc(N(CC=C)CC=C)nc(N2CCN(C(=O)Nc3nc4ccccc4nc3OC)CC2)n1. The van der Waals surface area contributed by atoms with Gasteiger partial charge in [0.25, 0.3) is 5.88 Å². The van der Waals surface area contributed by atoms with E-state index in [1.807, 2.05) is 34.1 Å². The largest absolute Gasteiger partial charge is 0.478 e. The zero-order valence-electron chi connectivity index (χ0n) is 23.4. The van der Waals surface area contributed by atoms with E-state index in [0.29, 0.717) is 81.2 Å². The van der Waals surface area contributed by atoms with E-state index in [4.69, 9.17) is 19.7 Å². The van der Waals surface area contributed by atoms with E-state index in [1.54, 1.807) is 29.2 Å². The van der Waals surface area contributed by atoms with E-state index >= 15 is 0 Å². The lowest BCUT2D eigenvalue weighted by Crippen LogP contribution is -2.50. The third kappa shape index (κ3) is 6.96. The van der Waals surface area contributed by atoms with Gasteiger partial charge in [0, 0.05) is 52.4 Å². The number of fused-ring (bicyclic) bond motifs is 1. The molecule has 12 heteroatoms. The molecule has 12 nitrogen and oxygen atoms in total.